The van der Waals surface area contributed by atoms with Gasteiger partial charge in [0.15, 0.2) is 0 Å². The normalized spacial score (nSPS) is 19.2. The van der Waals surface area contributed by atoms with E-state index in [9.17, 15) is 0 Å². The number of aliphatic hydroxyl groups excluding tert-OH is 7. The lowest BCUT2D eigenvalue weighted by molar-refractivity contribution is -0.109. The van der Waals surface area contributed by atoms with Crippen molar-refractivity contribution >= 4 is 25.3 Å². The second-order valence-corrected chi connectivity index (χ2v) is 4.23. The highest BCUT2D eigenvalue weighted by atomic mass is 32.1. The van der Waals surface area contributed by atoms with E-state index < -0.39 is 37.1 Å². The lowest BCUT2D eigenvalue weighted by Crippen LogP contribution is -2.46. The molecule has 0 heterocycles. The fraction of sp³-hybridized carbons (Fsp3) is 1.00. The fourth-order valence-corrected chi connectivity index (χ4v) is 1.06. The molecule has 0 saturated heterocycles. The predicted molar refractivity (Wildman–Crippen MR) is 71.9 cm³/mol. The zero-order chi connectivity index (χ0) is 14.7. The molecule has 0 aliphatic carbocycles. The van der Waals surface area contributed by atoms with Gasteiger partial charge in [0.1, 0.15) is 18.3 Å². The molecule has 18 heavy (non-hydrogen) atoms. The van der Waals surface area contributed by atoms with E-state index in [2.05, 4.69) is 25.3 Å². The molecule has 112 valence electrons. The van der Waals surface area contributed by atoms with E-state index in [1.807, 2.05) is 0 Å². The monoisotopic (exact) mass is 306 g/mol. The lowest BCUT2D eigenvalue weighted by Gasteiger charge is -2.24. The van der Waals surface area contributed by atoms with Gasteiger partial charge in [-0.05, 0) is 0 Å². The van der Waals surface area contributed by atoms with Crippen LogP contribution in [0.2, 0.25) is 0 Å². The SMILES string of the molecule is OCC(O)CS.OC[C@@H](O)[C@@H](O)[C@H](O)[C@@H](O)CS. The molecule has 0 amide bonds. The van der Waals surface area contributed by atoms with Crippen molar-refractivity contribution in [3.8, 4) is 0 Å². The van der Waals surface area contributed by atoms with Gasteiger partial charge in [-0.1, -0.05) is 0 Å². The molecule has 7 N–H and O–H groups in total. The van der Waals surface area contributed by atoms with Crippen LogP contribution in [-0.2, 0) is 0 Å². The molecular weight excluding hydrogens is 284 g/mol. The fourth-order valence-electron chi connectivity index (χ4n) is 0.729. The number of thiol groups is 2. The highest BCUT2D eigenvalue weighted by Crippen LogP contribution is 2.05. The zero-order valence-corrected chi connectivity index (χ0v) is 11.5. The summed E-state index contributed by atoms with van der Waals surface area (Å²) >= 11 is 7.37. The van der Waals surface area contributed by atoms with Crippen LogP contribution in [-0.4, -0.2) is 91.0 Å². The van der Waals surface area contributed by atoms with Crippen molar-refractivity contribution in [2.24, 2.45) is 0 Å². The maximum Gasteiger partial charge on any atom is 0.111 e. The molecule has 5 atom stereocenters. The second-order valence-electron chi connectivity index (χ2n) is 3.50. The van der Waals surface area contributed by atoms with Crippen LogP contribution in [0, 0.1) is 0 Å². The van der Waals surface area contributed by atoms with E-state index in [1.165, 1.54) is 0 Å². The Morgan fingerprint density at radius 1 is 0.667 bits per heavy atom. The lowest BCUT2D eigenvalue weighted by atomic mass is 10.0. The van der Waals surface area contributed by atoms with Crippen LogP contribution >= 0.6 is 25.3 Å². The molecule has 0 saturated carbocycles. The molecule has 9 heteroatoms. The van der Waals surface area contributed by atoms with Crippen molar-refractivity contribution in [3.05, 3.63) is 0 Å². The summed E-state index contributed by atoms with van der Waals surface area (Å²) in [6, 6.07) is 0. The molecule has 0 spiro atoms. The molecule has 0 radical (unpaired) electrons. The van der Waals surface area contributed by atoms with Crippen molar-refractivity contribution < 1.29 is 35.7 Å². The van der Waals surface area contributed by atoms with Crippen LogP contribution in [0.5, 0.6) is 0 Å². The Balaban J connectivity index is 0. The van der Waals surface area contributed by atoms with Gasteiger partial charge < -0.3 is 35.7 Å². The maximum atomic E-state index is 9.07. The third-order valence-electron chi connectivity index (χ3n) is 1.93. The first-order valence-electron chi connectivity index (χ1n) is 5.19. The van der Waals surface area contributed by atoms with Gasteiger partial charge >= 0.3 is 0 Å². The summed E-state index contributed by atoms with van der Waals surface area (Å²) < 4.78 is 0. The molecule has 0 rings (SSSR count). The van der Waals surface area contributed by atoms with E-state index in [-0.39, 0.29) is 12.4 Å². The minimum absolute atomic E-state index is 0.0314. The predicted octanol–water partition coefficient (Wildman–Crippen LogP) is -3.38. The van der Waals surface area contributed by atoms with Crippen molar-refractivity contribution in [2.75, 3.05) is 24.7 Å². The van der Waals surface area contributed by atoms with Crippen LogP contribution in [0.1, 0.15) is 0 Å². The van der Waals surface area contributed by atoms with Crippen LogP contribution in [0.15, 0.2) is 0 Å². The second kappa shape index (κ2) is 12.5. The highest BCUT2D eigenvalue weighted by molar-refractivity contribution is 7.80. The number of aliphatic hydroxyl groups is 7. The molecule has 1 unspecified atom stereocenters. The highest BCUT2D eigenvalue weighted by Gasteiger charge is 2.28. The van der Waals surface area contributed by atoms with E-state index in [0.717, 1.165) is 0 Å². The minimum atomic E-state index is -1.56. The number of hydrogen-bond donors (Lipinski definition) is 9. The van der Waals surface area contributed by atoms with Crippen LogP contribution < -0.4 is 0 Å². The Bertz CT molecular complexity index is 168. The topological polar surface area (TPSA) is 142 Å². The number of hydrogen-bond acceptors (Lipinski definition) is 9. The van der Waals surface area contributed by atoms with Crippen molar-refractivity contribution in [1.29, 1.82) is 0 Å². The largest absolute Gasteiger partial charge is 0.394 e. The average molecular weight is 306 g/mol. The van der Waals surface area contributed by atoms with Gasteiger partial charge in [0, 0.05) is 11.5 Å². The number of rotatable bonds is 7. The quantitative estimate of drug-likeness (QED) is 0.223. The van der Waals surface area contributed by atoms with Gasteiger partial charge in [0.25, 0.3) is 0 Å². The molecule has 0 bridgehead atoms. The van der Waals surface area contributed by atoms with Gasteiger partial charge in [-0.3, -0.25) is 0 Å². The Morgan fingerprint density at radius 2 is 1.11 bits per heavy atom. The first-order chi connectivity index (χ1) is 8.35. The van der Waals surface area contributed by atoms with Crippen LogP contribution in [0.25, 0.3) is 0 Å². The molecule has 0 aromatic rings. The van der Waals surface area contributed by atoms with Crippen LogP contribution in [0.4, 0.5) is 0 Å². The van der Waals surface area contributed by atoms with Gasteiger partial charge in [-0.15, -0.1) is 0 Å². The van der Waals surface area contributed by atoms with Gasteiger partial charge in [-0.2, -0.15) is 25.3 Å². The third-order valence-corrected chi connectivity index (χ3v) is 2.73. The van der Waals surface area contributed by atoms with E-state index in [4.69, 9.17) is 35.7 Å². The van der Waals surface area contributed by atoms with Gasteiger partial charge in [-0.25, -0.2) is 0 Å². The molecule has 7 nitrogen and oxygen atoms in total. The summed E-state index contributed by atoms with van der Waals surface area (Å²) in [5.41, 5.74) is 0. The van der Waals surface area contributed by atoms with Crippen LogP contribution in [0.3, 0.4) is 0 Å². The van der Waals surface area contributed by atoms with Crippen molar-refractivity contribution in [1.82, 2.24) is 0 Å². The standard InChI is InChI=1S/C6H14O5S.C3H8O2S/c7-1-3(8)5(10)6(11)4(9)2-12;4-1-3(5)2-6/h3-12H,1-2H2;3-6H,1-2H2/t3-,4+,5-,6-;/m1./s1. The zero-order valence-electron chi connectivity index (χ0n) is 9.74. The van der Waals surface area contributed by atoms with E-state index in [0.29, 0.717) is 5.75 Å². The van der Waals surface area contributed by atoms with E-state index in [1.54, 1.807) is 0 Å². The molecule has 0 aliphatic heterocycles. The van der Waals surface area contributed by atoms with E-state index >= 15 is 0 Å². The van der Waals surface area contributed by atoms with Crippen molar-refractivity contribution in [3.63, 3.8) is 0 Å². The third kappa shape index (κ3) is 9.36. The molecule has 0 aliphatic rings. The minimum Gasteiger partial charge on any atom is -0.394 e. The summed E-state index contributed by atoms with van der Waals surface area (Å²) in [5.74, 6) is 0.298. The summed E-state index contributed by atoms with van der Waals surface area (Å²) in [6.45, 7) is -0.860. The molecule has 0 aromatic carbocycles. The first kappa shape index (κ1) is 20.7. The summed E-state index contributed by atoms with van der Waals surface area (Å²) in [4.78, 5) is 0. The Kier molecular flexibility index (Phi) is 14.3. The average Bonchev–Trinajstić information content (AvgIpc) is 2.43. The summed E-state index contributed by atoms with van der Waals surface area (Å²) in [7, 11) is 0. The Morgan fingerprint density at radius 3 is 1.33 bits per heavy atom. The Hall–Kier alpha value is 0.420. The van der Waals surface area contributed by atoms with Crippen molar-refractivity contribution in [2.45, 2.75) is 30.5 Å². The summed E-state index contributed by atoms with van der Waals surface area (Å²) in [6.07, 6.45) is -6.37. The van der Waals surface area contributed by atoms with Gasteiger partial charge in [0.05, 0.1) is 25.4 Å². The maximum absolute atomic E-state index is 9.07. The molecule has 0 aromatic heterocycles. The first-order valence-corrected chi connectivity index (χ1v) is 6.45. The van der Waals surface area contributed by atoms with Gasteiger partial charge in [0.2, 0.25) is 0 Å². The Labute approximate surface area is 117 Å². The summed E-state index contributed by atoms with van der Waals surface area (Å²) in [5, 5.41) is 60.7. The molecular formula is C9H22O7S2. The smallest absolute Gasteiger partial charge is 0.111 e. The molecule has 0 fully saturated rings.